The number of anilines is 2. The van der Waals surface area contributed by atoms with E-state index < -0.39 is 0 Å². The molecule has 0 unspecified atom stereocenters. The highest BCUT2D eigenvalue weighted by atomic mass is 32.2. The number of hydrogen-bond acceptors (Lipinski definition) is 6. The van der Waals surface area contributed by atoms with Gasteiger partial charge in [0.2, 0.25) is 0 Å². The van der Waals surface area contributed by atoms with Crippen molar-refractivity contribution in [2.75, 3.05) is 55.3 Å². The van der Waals surface area contributed by atoms with Crippen molar-refractivity contribution in [2.24, 2.45) is 0 Å². The van der Waals surface area contributed by atoms with E-state index in [4.69, 9.17) is 0 Å². The van der Waals surface area contributed by atoms with E-state index in [1.54, 1.807) is 18.1 Å². The number of nitrogens with zero attached hydrogens (tertiary/aromatic N) is 5. The van der Waals surface area contributed by atoms with Crippen molar-refractivity contribution in [3.63, 3.8) is 0 Å². The Labute approximate surface area is 164 Å². The molecule has 2 saturated heterocycles. The minimum absolute atomic E-state index is 0.114. The van der Waals surface area contributed by atoms with Gasteiger partial charge in [-0.05, 0) is 43.4 Å². The fourth-order valence-electron chi connectivity index (χ4n) is 3.68. The van der Waals surface area contributed by atoms with Gasteiger partial charge in [-0.2, -0.15) is 0 Å². The summed E-state index contributed by atoms with van der Waals surface area (Å²) in [5.41, 5.74) is 0.764. The third kappa shape index (κ3) is 4.03. The van der Waals surface area contributed by atoms with Gasteiger partial charge in [0, 0.05) is 55.8 Å². The SMILES string of the molecule is CSc1ccc(C(=O)N2CCN(c3cc(N4CCCC4)ncn3)CC2)cc1. The van der Waals surface area contributed by atoms with Crippen LogP contribution in [0.4, 0.5) is 11.6 Å². The van der Waals surface area contributed by atoms with Crippen LogP contribution in [-0.2, 0) is 0 Å². The Kier molecular flexibility index (Phi) is 5.48. The zero-order valence-electron chi connectivity index (χ0n) is 15.7. The number of amides is 1. The second kappa shape index (κ2) is 8.17. The standard InChI is InChI=1S/C20H25N5OS/c1-27-17-6-4-16(5-7-17)20(26)25-12-10-24(11-13-25)19-14-18(21-15-22-19)23-8-2-3-9-23/h4-7,14-15H,2-3,8-13H2,1H3. The predicted molar refractivity (Wildman–Crippen MR) is 110 cm³/mol. The second-order valence-corrected chi connectivity index (χ2v) is 7.82. The molecule has 2 fully saturated rings. The topological polar surface area (TPSA) is 52.6 Å². The van der Waals surface area contributed by atoms with Gasteiger partial charge in [-0.25, -0.2) is 9.97 Å². The molecule has 0 aliphatic carbocycles. The maximum absolute atomic E-state index is 12.7. The van der Waals surface area contributed by atoms with Crippen molar-refractivity contribution in [1.29, 1.82) is 0 Å². The van der Waals surface area contributed by atoms with Crippen LogP contribution in [0, 0.1) is 0 Å². The number of carbonyl (C=O) groups excluding carboxylic acids is 1. The smallest absolute Gasteiger partial charge is 0.253 e. The van der Waals surface area contributed by atoms with E-state index in [0.29, 0.717) is 13.1 Å². The summed E-state index contributed by atoms with van der Waals surface area (Å²) in [4.78, 5) is 29.3. The summed E-state index contributed by atoms with van der Waals surface area (Å²) < 4.78 is 0. The Balaban J connectivity index is 1.38. The summed E-state index contributed by atoms with van der Waals surface area (Å²) in [6.45, 7) is 5.18. The molecule has 0 N–H and O–H groups in total. The molecule has 0 bridgehead atoms. The van der Waals surface area contributed by atoms with Crippen molar-refractivity contribution in [3.8, 4) is 0 Å². The van der Waals surface area contributed by atoms with E-state index >= 15 is 0 Å². The molecule has 3 heterocycles. The third-order valence-corrected chi connectivity index (χ3v) is 6.04. The van der Waals surface area contributed by atoms with E-state index in [2.05, 4.69) is 25.8 Å². The lowest BCUT2D eigenvalue weighted by Gasteiger charge is -2.35. The molecule has 1 aromatic carbocycles. The zero-order chi connectivity index (χ0) is 18.6. The average Bonchev–Trinajstić information content (AvgIpc) is 3.29. The number of carbonyl (C=O) groups is 1. The van der Waals surface area contributed by atoms with Crippen LogP contribution < -0.4 is 9.80 Å². The minimum atomic E-state index is 0.114. The largest absolute Gasteiger partial charge is 0.356 e. The zero-order valence-corrected chi connectivity index (χ0v) is 16.5. The monoisotopic (exact) mass is 383 g/mol. The fourth-order valence-corrected chi connectivity index (χ4v) is 4.09. The van der Waals surface area contributed by atoms with Gasteiger partial charge in [-0.15, -0.1) is 11.8 Å². The van der Waals surface area contributed by atoms with E-state index in [9.17, 15) is 4.79 Å². The molecule has 1 amide bonds. The highest BCUT2D eigenvalue weighted by Crippen LogP contribution is 2.23. The molecule has 0 saturated carbocycles. The van der Waals surface area contributed by atoms with Gasteiger partial charge in [0.25, 0.3) is 5.91 Å². The first kappa shape index (κ1) is 18.1. The average molecular weight is 384 g/mol. The lowest BCUT2D eigenvalue weighted by molar-refractivity contribution is 0.0746. The highest BCUT2D eigenvalue weighted by molar-refractivity contribution is 7.98. The van der Waals surface area contributed by atoms with Crippen molar-refractivity contribution in [2.45, 2.75) is 17.7 Å². The van der Waals surface area contributed by atoms with Crippen LogP contribution in [-0.4, -0.2) is 66.3 Å². The summed E-state index contributed by atoms with van der Waals surface area (Å²) in [5, 5.41) is 0. The van der Waals surface area contributed by atoms with Gasteiger partial charge in [-0.3, -0.25) is 4.79 Å². The van der Waals surface area contributed by atoms with E-state index in [0.717, 1.165) is 43.4 Å². The molecule has 4 rings (SSSR count). The molecule has 0 radical (unpaired) electrons. The second-order valence-electron chi connectivity index (χ2n) is 6.94. The summed E-state index contributed by atoms with van der Waals surface area (Å²) >= 11 is 1.69. The lowest BCUT2D eigenvalue weighted by Crippen LogP contribution is -2.49. The number of rotatable bonds is 4. The van der Waals surface area contributed by atoms with Crippen LogP contribution in [0.1, 0.15) is 23.2 Å². The van der Waals surface area contributed by atoms with Gasteiger partial charge in [0.15, 0.2) is 0 Å². The number of benzene rings is 1. The Morgan fingerprint density at radius 3 is 2.07 bits per heavy atom. The molecule has 2 aliphatic rings. The molecule has 27 heavy (non-hydrogen) atoms. The van der Waals surface area contributed by atoms with Crippen molar-refractivity contribution >= 4 is 29.3 Å². The Hall–Kier alpha value is -2.28. The third-order valence-electron chi connectivity index (χ3n) is 5.30. The Morgan fingerprint density at radius 1 is 0.889 bits per heavy atom. The van der Waals surface area contributed by atoms with Crippen LogP contribution in [0.15, 0.2) is 41.6 Å². The summed E-state index contributed by atoms with van der Waals surface area (Å²) in [7, 11) is 0. The van der Waals surface area contributed by atoms with Crippen LogP contribution in [0.25, 0.3) is 0 Å². The van der Waals surface area contributed by atoms with Gasteiger partial charge in [0.1, 0.15) is 18.0 Å². The molecule has 7 heteroatoms. The minimum Gasteiger partial charge on any atom is -0.356 e. The van der Waals surface area contributed by atoms with Crippen molar-refractivity contribution in [1.82, 2.24) is 14.9 Å². The fraction of sp³-hybridized carbons (Fsp3) is 0.450. The number of thioether (sulfide) groups is 1. The first-order chi connectivity index (χ1) is 13.2. The molecule has 6 nitrogen and oxygen atoms in total. The van der Waals surface area contributed by atoms with Gasteiger partial charge in [0.05, 0.1) is 0 Å². The number of aromatic nitrogens is 2. The first-order valence-corrected chi connectivity index (χ1v) is 10.7. The Morgan fingerprint density at radius 2 is 1.48 bits per heavy atom. The maximum Gasteiger partial charge on any atom is 0.253 e. The molecule has 1 aromatic heterocycles. The van der Waals surface area contributed by atoms with Gasteiger partial charge >= 0.3 is 0 Å². The van der Waals surface area contributed by atoms with E-state index in [-0.39, 0.29) is 5.91 Å². The van der Waals surface area contributed by atoms with Crippen molar-refractivity contribution in [3.05, 3.63) is 42.2 Å². The van der Waals surface area contributed by atoms with Crippen LogP contribution in [0.2, 0.25) is 0 Å². The van der Waals surface area contributed by atoms with E-state index in [1.807, 2.05) is 35.4 Å². The molecule has 2 aromatic rings. The summed E-state index contributed by atoms with van der Waals surface area (Å²) in [5.74, 6) is 2.09. The van der Waals surface area contributed by atoms with Gasteiger partial charge in [-0.1, -0.05) is 0 Å². The summed E-state index contributed by atoms with van der Waals surface area (Å²) in [6.07, 6.45) is 6.17. The van der Waals surface area contributed by atoms with Crippen LogP contribution in [0.3, 0.4) is 0 Å². The predicted octanol–water partition coefficient (Wildman–Crippen LogP) is 2.76. The number of piperazine rings is 1. The first-order valence-electron chi connectivity index (χ1n) is 9.50. The molecular weight excluding hydrogens is 358 g/mol. The molecule has 0 spiro atoms. The number of hydrogen-bond donors (Lipinski definition) is 0. The molecule has 0 atom stereocenters. The molecule has 2 aliphatic heterocycles. The van der Waals surface area contributed by atoms with E-state index in [1.165, 1.54) is 17.7 Å². The Bertz CT molecular complexity index is 783. The quantitative estimate of drug-likeness (QED) is 0.757. The summed E-state index contributed by atoms with van der Waals surface area (Å²) in [6, 6.07) is 9.95. The van der Waals surface area contributed by atoms with Gasteiger partial charge < -0.3 is 14.7 Å². The van der Waals surface area contributed by atoms with Crippen LogP contribution in [0.5, 0.6) is 0 Å². The molecular formula is C20H25N5OS. The van der Waals surface area contributed by atoms with Crippen molar-refractivity contribution < 1.29 is 4.79 Å². The maximum atomic E-state index is 12.7. The normalized spacial score (nSPS) is 17.4. The lowest BCUT2D eigenvalue weighted by atomic mass is 10.2. The molecule has 142 valence electrons. The van der Waals surface area contributed by atoms with Crippen LogP contribution >= 0.6 is 11.8 Å². The highest BCUT2D eigenvalue weighted by Gasteiger charge is 2.24.